The molecule has 0 spiro atoms. The Kier molecular flexibility index (Phi) is 15.9. The molecule has 0 unspecified atom stereocenters. The van der Waals surface area contributed by atoms with Gasteiger partial charge in [0.25, 0.3) is 17.0 Å². The quantitative estimate of drug-likeness (QED) is 0.0672. The predicted molar refractivity (Wildman–Crippen MR) is 263 cm³/mol. The molecule has 386 valence electrons. The molecule has 0 bridgehead atoms. The Morgan fingerprint density at radius 3 is 1.85 bits per heavy atom. The number of hydrogen-bond acceptors (Lipinski definition) is 15. The second kappa shape index (κ2) is 22.1. The van der Waals surface area contributed by atoms with Crippen molar-refractivity contribution in [3.63, 3.8) is 0 Å². The molecule has 0 saturated carbocycles. The topological polar surface area (TPSA) is 248 Å². The molecule has 0 radical (unpaired) electrons. The molecule has 2 aliphatic rings. The molecular weight excluding hydrogens is 967 g/mol. The van der Waals surface area contributed by atoms with Gasteiger partial charge in [0.2, 0.25) is 0 Å². The van der Waals surface area contributed by atoms with Crippen LogP contribution in [0.15, 0.2) is 127 Å². The number of benzene rings is 3. The van der Waals surface area contributed by atoms with Crippen LogP contribution in [-0.4, -0.2) is 104 Å². The maximum atomic E-state index is 17.5. The molecular formula is C51H58FN8O12P. The summed E-state index contributed by atoms with van der Waals surface area (Å²) < 4.78 is 80.0. The number of halogens is 1. The minimum Gasteiger partial charge on any atom is -0.497 e. The molecule has 0 amide bonds. The summed E-state index contributed by atoms with van der Waals surface area (Å²) in [6, 6.07) is 27.5. The minimum absolute atomic E-state index is 0.00852. The molecule has 20 nitrogen and oxygen atoms in total. The van der Waals surface area contributed by atoms with Crippen molar-refractivity contribution in [2.24, 2.45) is 5.92 Å². The van der Waals surface area contributed by atoms with Gasteiger partial charge in [-0.15, -0.1) is 0 Å². The van der Waals surface area contributed by atoms with Crippen molar-refractivity contribution in [3.8, 4) is 17.6 Å². The van der Waals surface area contributed by atoms with Crippen LogP contribution in [0.4, 0.5) is 4.39 Å². The minimum atomic E-state index is -3.43. The highest BCUT2D eigenvalue weighted by atomic mass is 31.2. The SMILES string of the molecule is COc1ccc(C(OC[C@H]2O[C@@H](n3ccc(=O)[nH]c3=O)[C@H](F)[C@@H]2Cc2noc([C@H]3O[C@@H](n4ccc(=O)[nH]c4=O)[C@H](OC)[C@@H]3N(CCC#N)P(=O)(C(C)C)C(C)C)n2)(c2ccccc2)c2ccc(OC)cc2)cc1. The number of nitrogens with one attached hydrogen (secondary N) is 2. The number of ether oxygens (including phenoxy) is 6. The van der Waals surface area contributed by atoms with E-state index in [0.717, 1.165) is 33.0 Å². The smallest absolute Gasteiger partial charge is 0.330 e. The standard InChI is InChI=1S/C51H58FN8O12P/c1-30(2)73(65,31(3)4)60(25-11-24-53)43-44(71-48(45(43)68-7)59-27-23-41(62)56-50(59)64)46-54-39(57-72-46)28-37-38(70-47(42(37)52)58-26-22-40(61)55-49(58)63)29-69-51(32-12-9-8-10-13-32,33-14-18-35(66-5)19-15-33)34-16-20-36(67-6)21-17-34/h8-10,12-23,26-27,30-31,37-38,42-45,47-48H,11,25,28-29H2,1-7H3,(H,55,61,63)(H,56,62,64)/t37-,38-,42-,43-,44+,45-,47-,48-/m1/s1. The largest absolute Gasteiger partial charge is 0.497 e. The Hall–Kier alpha value is -6.79. The molecule has 73 heavy (non-hydrogen) atoms. The van der Waals surface area contributed by atoms with Gasteiger partial charge < -0.3 is 37.5 Å². The van der Waals surface area contributed by atoms with E-state index in [1.165, 1.54) is 13.3 Å². The molecule has 8 rings (SSSR count). The van der Waals surface area contributed by atoms with Crippen LogP contribution in [0.1, 0.15) is 81.1 Å². The average molecular weight is 1030 g/mol. The number of nitrogens with zero attached hydrogens (tertiary/aromatic N) is 6. The highest BCUT2D eigenvalue weighted by molar-refractivity contribution is 7.62. The van der Waals surface area contributed by atoms with Gasteiger partial charge in [-0.05, 0) is 41.0 Å². The summed E-state index contributed by atoms with van der Waals surface area (Å²) in [5, 5.41) is 14.2. The van der Waals surface area contributed by atoms with E-state index in [-0.39, 0.29) is 37.7 Å². The number of aromatic amines is 2. The zero-order chi connectivity index (χ0) is 52.2. The molecule has 5 heterocycles. The van der Waals surface area contributed by atoms with E-state index in [1.807, 2.05) is 82.3 Å². The normalized spacial score (nSPS) is 22.3. The fourth-order valence-electron chi connectivity index (χ4n) is 10.1. The van der Waals surface area contributed by atoms with Gasteiger partial charge in [-0.1, -0.05) is 87.4 Å². The third kappa shape index (κ3) is 10.2. The van der Waals surface area contributed by atoms with Crippen molar-refractivity contribution in [1.29, 1.82) is 5.26 Å². The lowest BCUT2D eigenvalue weighted by atomic mass is 9.80. The Balaban J connectivity index is 1.21. The molecule has 22 heteroatoms. The first-order chi connectivity index (χ1) is 35.1. The van der Waals surface area contributed by atoms with Gasteiger partial charge in [0.05, 0.1) is 39.0 Å². The third-order valence-corrected chi connectivity index (χ3v) is 17.9. The Bertz CT molecular complexity index is 3110. The summed E-state index contributed by atoms with van der Waals surface area (Å²) in [5.41, 5.74) is -3.12. The van der Waals surface area contributed by atoms with E-state index in [9.17, 15) is 24.4 Å². The van der Waals surface area contributed by atoms with E-state index in [0.29, 0.717) is 22.6 Å². The van der Waals surface area contributed by atoms with Crippen molar-refractivity contribution >= 4 is 7.29 Å². The van der Waals surface area contributed by atoms with Crippen LogP contribution in [0.3, 0.4) is 0 Å². The molecule has 2 fully saturated rings. The van der Waals surface area contributed by atoms with Crippen LogP contribution < -0.4 is 32.0 Å². The second-order valence-electron chi connectivity index (χ2n) is 18.3. The highest BCUT2D eigenvalue weighted by Gasteiger charge is 2.57. The van der Waals surface area contributed by atoms with E-state index >= 15 is 8.96 Å². The zero-order valence-corrected chi connectivity index (χ0v) is 42.2. The van der Waals surface area contributed by atoms with Gasteiger partial charge in [0, 0.05) is 68.3 Å². The molecule has 3 aromatic carbocycles. The fourth-order valence-corrected chi connectivity index (χ4v) is 13.6. The Labute approximate surface area is 419 Å². The second-order valence-corrected chi connectivity index (χ2v) is 22.3. The number of nitriles is 1. The van der Waals surface area contributed by atoms with Crippen molar-refractivity contribution in [3.05, 3.63) is 173 Å². The summed E-state index contributed by atoms with van der Waals surface area (Å²) >= 11 is 0. The summed E-state index contributed by atoms with van der Waals surface area (Å²) in [6.45, 7) is 7.03. The number of methoxy groups -OCH3 is 3. The molecule has 2 aliphatic heterocycles. The summed E-state index contributed by atoms with van der Waals surface area (Å²) in [5.74, 6) is -0.0786. The molecule has 2 saturated heterocycles. The van der Waals surface area contributed by atoms with Crippen LogP contribution in [0.2, 0.25) is 0 Å². The lowest BCUT2D eigenvalue weighted by Crippen LogP contribution is -2.47. The van der Waals surface area contributed by atoms with E-state index in [4.69, 9.17) is 37.9 Å². The van der Waals surface area contributed by atoms with E-state index < -0.39 is 95.6 Å². The number of hydrogen-bond donors (Lipinski definition) is 2. The lowest BCUT2D eigenvalue weighted by molar-refractivity contribution is -0.0875. The van der Waals surface area contributed by atoms with Crippen LogP contribution in [0, 0.1) is 17.2 Å². The third-order valence-electron chi connectivity index (χ3n) is 13.7. The monoisotopic (exact) mass is 1020 g/mol. The van der Waals surface area contributed by atoms with Crippen molar-refractivity contribution in [1.82, 2.24) is 33.9 Å². The van der Waals surface area contributed by atoms with Crippen molar-refractivity contribution < 1.29 is 41.9 Å². The number of aromatic nitrogens is 6. The van der Waals surface area contributed by atoms with Crippen LogP contribution in [-0.2, 0) is 35.5 Å². The first-order valence-electron chi connectivity index (χ1n) is 23.7. The fraction of sp³-hybridized carbons (Fsp3) is 0.431. The maximum Gasteiger partial charge on any atom is 0.330 e. The van der Waals surface area contributed by atoms with Crippen molar-refractivity contribution in [2.45, 2.75) is 100 Å². The van der Waals surface area contributed by atoms with Gasteiger partial charge in [0.1, 0.15) is 23.2 Å². The molecule has 3 aromatic heterocycles. The molecule has 2 N–H and O–H groups in total. The number of alkyl halides is 1. The average Bonchev–Trinajstić information content (AvgIpc) is 4.10. The van der Waals surface area contributed by atoms with Crippen LogP contribution in [0.25, 0.3) is 0 Å². The summed E-state index contributed by atoms with van der Waals surface area (Å²) in [7, 11) is 1.10. The summed E-state index contributed by atoms with van der Waals surface area (Å²) in [6.07, 6.45) is -6.02. The van der Waals surface area contributed by atoms with Crippen LogP contribution >= 0.6 is 7.29 Å². The molecule has 6 aromatic rings. The van der Waals surface area contributed by atoms with Gasteiger partial charge >= 0.3 is 11.4 Å². The van der Waals surface area contributed by atoms with Gasteiger partial charge in [-0.3, -0.25) is 28.7 Å². The number of rotatable bonds is 20. The van der Waals surface area contributed by atoms with Gasteiger partial charge in [-0.2, -0.15) is 10.2 Å². The molecule has 8 atom stereocenters. The highest BCUT2D eigenvalue weighted by Crippen LogP contribution is 2.62. The lowest BCUT2D eigenvalue weighted by Gasteiger charge is -2.43. The van der Waals surface area contributed by atoms with Crippen molar-refractivity contribution in [2.75, 3.05) is 34.5 Å². The summed E-state index contributed by atoms with van der Waals surface area (Å²) in [4.78, 5) is 60.1. The van der Waals surface area contributed by atoms with E-state index in [2.05, 4.69) is 21.2 Å². The zero-order valence-electron chi connectivity index (χ0n) is 41.3. The van der Waals surface area contributed by atoms with E-state index in [1.54, 1.807) is 43.2 Å². The van der Waals surface area contributed by atoms with Gasteiger partial charge in [0.15, 0.2) is 37.8 Å². The van der Waals surface area contributed by atoms with Gasteiger partial charge in [-0.25, -0.2) is 18.6 Å². The predicted octanol–water partition coefficient (Wildman–Crippen LogP) is 5.85. The Morgan fingerprint density at radius 2 is 1.34 bits per heavy atom. The first-order valence-corrected chi connectivity index (χ1v) is 25.5. The number of H-pyrrole nitrogens is 2. The molecule has 0 aliphatic carbocycles. The Morgan fingerprint density at radius 1 is 0.795 bits per heavy atom. The van der Waals surface area contributed by atoms with Crippen LogP contribution in [0.5, 0.6) is 11.5 Å². The maximum absolute atomic E-state index is 17.5. The first kappa shape index (κ1) is 52.5.